The van der Waals surface area contributed by atoms with Crippen LogP contribution in [-0.4, -0.2) is 40.8 Å². The molecule has 0 aromatic rings. The van der Waals surface area contributed by atoms with Crippen molar-refractivity contribution in [3.05, 3.63) is 0 Å². The first-order valence-corrected chi connectivity index (χ1v) is 11.1. The van der Waals surface area contributed by atoms with Gasteiger partial charge in [0.25, 0.3) is 0 Å². The van der Waals surface area contributed by atoms with Gasteiger partial charge in [-0.2, -0.15) is 0 Å². The van der Waals surface area contributed by atoms with Gasteiger partial charge in [-0.1, -0.05) is 58.3 Å². The predicted molar refractivity (Wildman–Crippen MR) is 100 cm³/mol. The third-order valence-electron chi connectivity index (χ3n) is 3.92. The van der Waals surface area contributed by atoms with Gasteiger partial charge in [-0.25, -0.2) is 4.57 Å². The van der Waals surface area contributed by atoms with Gasteiger partial charge < -0.3 is 20.4 Å². The number of carbonyl (C=O) groups is 2. The summed E-state index contributed by atoms with van der Waals surface area (Å²) in [6.45, 7) is 3.68. The molecule has 4 N–H and O–H groups in total. The van der Waals surface area contributed by atoms with Crippen LogP contribution >= 0.6 is 7.82 Å². The zero-order valence-corrected chi connectivity index (χ0v) is 16.9. The Morgan fingerprint density at radius 3 is 2.00 bits per heavy atom. The molecular formula is C17H35N2O6P. The Morgan fingerprint density at radius 2 is 1.50 bits per heavy atom. The predicted octanol–water partition coefficient (Wildman–Crippen LogP) is 2.64. The highest BCUT2D eigenvalue weighted by molar-refractivity contribution is 7.46. The average Bonchev–Trinajstić information content (AvgIpc) is 2.56. The highest BCUT2D eigenvalue weighted by Crippen LogP contribution is 2.35. The van der Waals surface area contributed by atoms with E-state index >= 15 is 0 Å². The maximum absolute atomic E-state index is 12.0. The number of phosphoric ester groups is 1. The van der Waals surface area contributed by atoms with Crippen LogP contribution in [0, 0.1) is 0 Å². The van der Waals surface area contributed by atoms with E-state index in [9.17, 15) is 14.2 Å². The number of carbonyl (C=O) groups excluding carboxylic acids is 2. The third-order valence-corrected chi connectivity index (χ3v) is 4.40. The van der Waals surface area contributed by atoms with Gasteiger partial charge in [0, 0.05) is 13.0 Å². The molecule has 9 heteroatoms. The van der Waals surface area contributed by atoms with Crippen LogP contribution in [0.15, 0.2) is 0 Å². The number of amides is 2. The van der Waals surface area contributed by atoms with Gasteiger partial charge in [-0.15, -0.1) is 0 Å². The number of hydrogen-bond acceptors (Lipinski definition) is 4. The van der Waals surface area contributed by atoms with Crippen molar-refractivity contribution in [2.24, 2.45) is 0 Å². The van der Waals surface area contributed by atoms with Gasteiger partial charge in [-0.05, 0) is 13.3 Å². The number of phosphoric acid groups is 1. The van der Waals surface area contributed by atoms with E-state index in [0.29, 0.717) is 6.54 Å². The van der Waals surface area contributed by atoms with Crippen molar-refractivity contribution >= 4 is 19.6 Å². The number of unbranched alkanes of at least 4 members (excludes halogenated alkanes) is 8. The third kappa shape index (κ3) is 15.3. The van der Waals surface area contributed by atoms with Crippen molar-refractivity contribution in [1.82, 2.24) is 10.6 Å². The van der Waals surface area contributed by atoms with Crippen molar-refractivity contribution < 1.29 is 28.5 Å². The van der Waals surface area contributed by atoms with E-state index in [-0.39, 0.29) is 12.3 Å². The fourth-order valence-electron chi connectivity index (χ4n) is 2.51. The quantitative estimate of drug-likeness (QED) is 0.236. The first-order chi connectivity index (χ1) is 12.3. The Hall–Kier alpha value is -0.950. The van der Waals surface area contributed by atoms with Crippen molar-refractivity contribution in [2.75, 3.05) is 13.2 Å². The van der Waals surface area contributed by atoms with Crippen LogP contribution in [0.1, 0.15) is 78.1 Å². The second-order valence-electron chi connectivity index (χ2n) is 6.38. The Bertz CT molecular complexity index is 441. The molecule has 0 bridgehead atoms. The molecule has 0 spiro atoms. The lowest BCUT2D eigenvalue weighted by Crippen LogP contribution is -2.49. The van der Waals surface area contributed by atoms with Gasteiger partial charge in [0.15, 0.2) is 0 Å². The molecule has 0 aliphatic heterocycles. The molecule has 154 valence electrons. The van der Waals surface area contributed by atoms with E-state index in [4.69, 9.17) is 9.79 Å². The van der Waals surface area contributed by atoms with Crippen LogP contribution in [0.25, 0.3) is 0 Å². The van der Waals surface area contributed by atoms with Gasteiger partial charge in [0.05, 0.1) is 6.61 Å². The molecule has 0 radical (unpaired) electrons. The lowest BCUT2D eigenvalue weighted by molar-refractivity contribution is -0.129. The molecule has 0 heterocycles. The highest BCUT2D eigenvalue weighted by Gasteiger charge is 2.24. The minimum Gasteiger partial charge on any atom is -0.355 e. The van der Waals surface area contributed by atoms with E-state index in [0.717, 1.165) is 19.3 Å². The van der Waals surface area contributed by atoms with Gasteiger partial charge >= 0.3 is 7.82 Å². The van der Waals surface area contributed by atoms with Crippen molar-refractivity contribution in [3.8, 4) is 0 Å². The molecule has 0 aromatic carbocycles. The second-order valence-corrected chi connectivity index (χ2v) is 7.62. The number of rotatable bonds is 16. The average molecular weight is 394 g/mol. The first-order valence-electron chi connectivity index (χ1n) is 9.57. The van der Waals surface area contributed by atoms with Crippen LogP contribution in [0.3, 0.4) is 0 Å². The molecule has 1 atom stereocenters. The monoisotopic (exact) mass is 394 g/mol. The van der Waals surface area contributed by atoms with E-state index in [1.165, 1.54) is 38.5 Å². The number of likely N-dealkylation sites (N-methyl/N-ethyl adjacent to an activating group) is 1. The highest BCUT2D eigenvalue weighted by atomic mass is 31.2. The van der Waals surface area contributed by atoms with Crippen molar-refractivity contribution in [2.45, 2.75) is 84.1 Å². The van der Waals surface area contributed by atoms with Crippen LogP contribution in [0.5, 0.6) is 0 Å². The molecule has 0 aliphatic rings. The standard InChI is InChI=1S/C17H35N2O6P/c1-3-5-6-7-8-9-10-11-12-13-16(20)19-15(17(21)18-4-2)14-25-26(22,23)24/h15H,3-14H2,1-2H3,(H,18,21)(H,19,20)(H2,22,23,24). The van der Waals surface area contributed by atoms with E-state index < -0.39 is 26.4 Å². The van der Waals surface area contributed by atoms with E-state index in [1.807, 2.05) is 0 Å². The minimum atomic E-state index is -4.70. The van der Waals surface area contributed by atoms with Gasteiger partial charge in [0.2, 0.25) is 11.8 Å². The van der Waals surface area contributed by atoms with Gasteiger partial charge in [-0.3, -0.25) is 14.1 Å². The Kier molecular flexibility index (Phi) is 14.6. The number of hydrogen-bond donors (Lipinski definition) is 4. The molecule has 1 unspecified atom stereocenters. The second kappa shape index (κ2) is 15.1. The zero-order valence-electron chi connectivity index (χ0n) is 16.0. The summed E-state index contributed by atoms with van der Waals surface area (Å²) >= 11 is 0. The Morgan fingerprint density at radius 1 is 0.962 bits per heavy atom. The molecule has 0 saturated heterocycles. The first kappa shape index (κ1) is 25.1. The Labute approximate surface area is 156 Å². The fraction of sp³-hybridized carbons (Fsp3) is 0.882. The maximum Gasteiger partial charge on any atom is 0.469 e. The minimum absolute atomic E-state index is 0.279. The molecule has 0 saturated carbocycles. The lowest BCUT2D eigenvalue weighted by atomic mass is 10.1. The molecule has 0 rings (SSSR count). The van der Waals surface area contributed by atoms with Crippen LogP contribution in [0.4, 0.5) is 0 Å². The van der Waals surface area contributed by atoms with Crippen LogP contribution in [-0.2, 0) is 18.7 Å². The summed E-state index contributed by atoms with van der Waals surface area (Å²) in [5.41, 5.74) is 0. The molecule has 26 heavy (non-hydrogen) atoms. The molecule has 0 aliphatic carbocycles. The normalized spacial score (nSPS) is 12.6. The molecule has 0 aromatic heterocycles. The fourth-order valence-corrected chi connectivity index (χ4v) is 2.86. The van der Waals surface area contributed by atoms with Crippen molar-refractivity contribution in [1.29, 1.82) is 0 Å². The van der Waals surface area contributed by atoms with Gasteiger partial charge in [0.1, 0.15) is 6.04 Å². The van der Waals surface area contributed by atoms with E-state index in [2.05, 4.69) is 22.1 Å². The zero-order chi connectivity index (χ0) is 19.8. The maximum atomic E-state index is 12.0. The summed E-state index contributed by atoms with van der Waals surface area (Å²) in [6, 6.07) is -1.12. The molecule has 2 amide bonds. The van der Waals surface area contributed by atoms with Crippen LogP contribution in [0.2, 0.25) is 0 Å². The summed E-state index contributed by atoms with van der Waals surface area (Å²) in [7, 11) is -4.70. The Balaban J connectivity index is 4.01. The summed E-state index contributed by atoms with van der Waals surface area (Å²) in [4.78, 5) is 41.3. The molecule has 0 fully saturated rings. The number of nitrogens with one attached hydrogen (secondary N) is 2. The van der Waals surface area contributed by atoms with Crippen molar-refractivity contribution in [3.63, 3.8) is 0 Å². The smallest absolute Gasteiger partial charge is 0.355 e. The SMILES string of the molecule is CCCCCCCCCCCC(=O)NC(COP(=O)(O)O)C(=O)NCC. The van der Waals surface area contributed by atoms with Crippen LogP contribution < -0.4 is 10.6 Å². The van der Waals surface area contributed by atoms with E-state index in [1.54, 1.807) is 6.92 Å². The molecule has 8 nitrogen and oxygen atoms in total. The summed E-state index contributed by atoms with van der Waals surface area (Å²) in [5, 5.41) is 4.99. The topological polar surface area (TPSA) is 125 Å². The lowest BCUT2D eigenvalue weighted by Gasteiger charge is -2.18. The molecular weight excluding hydrogens is 359 g/mol. The summed E-state index contributed by atoms with van der Waals surface area (Å²) < 4.78 is 15.1. The summed E-state index contributed by atoms with van der Waals surface area (Å²) in [5.74, 6) is -0.847. The largest absolute Gasteiger partial charge is 0.469 e. The summed E-state index contributed by atoms with van der Waals surface area (Å²) in [6.07, 6.45) is 10.5.